The average molecular weight is 317 g/mol. The molecule has 1 aromatic heterocycles. The zero-order valence-corrected chi connectivity index (χ0v) is 12.9. The van der Waals surface area contributed by atoms with Gasteiger partial charge in [-0.15, -0.1) is 0 Å². The lowest BCUT2D eigenvalue weighted by Gasteiger charge is -2.16. The highest BCUT2D eigenvalue weighted by molar-refractivity contribution is 6.31. The molecule has 0 saturated carbocycles. The second-order valence-corrected chi connectivity index (χ2v) is 5.64. The SMILES string of the molecule is O=C(NCc1ccccc1Cl)c1cncc(N2CCCC2)n1. The van der Waals surface area contributed by atoms with Crippen LogP contribution in [0.5, 0.6) is 0 Å². The molecular formula is C16H17ClN4O. The van der Waals surface area contributed by atoms with Gasteiger partial charge in [-0.3, -0.25) is 9.78 Å². The summed E-state index contributed by atoms with van der Waals surface area (Å²) in [6.07, 6.45) is 5.51. The lowest BCUT2D eigenvalue weighted by Crippen LogP contribution is -2.26. The van der Waals surface area contributed by atoms with Crippen LogP contribution in [-0.2, 0) is 6.54 Å². The first-order valence-electron chi connectivity index (χ1n) is 7.32. The number of nitrogens with one attached hydrogen (secondary N) is 1. The van der Waals surface area contributed by atoms with E-state index >= 15 is 0 Å². The Morgan fingerprint density at radius 2 is 2.00 bits per heavy atom. The van der Waals surface area contributed by atoms with Crippen molar-refractivity contribution in [1.82, 2.24) is 15.3 Å². The first-order valence-corrected chi connectivity index (χ1v) is 7.70. The van der Waals surface area contributed by atoms with Crippen LogP contribution < -0.4 is 10.2 Å². The van der Waals surface area contributed by atoms with Crippen LogP contribution in [0.4, 0.5) is 5.82 Å². The fourth-order valence-corrected chi connectivity index (χ4v) is 2.67. The van der Waals surface area contributed by atoms with Crippen molar-refractivity contribution in [2.24, 2.45) is 0 Å². The normalized spacial score (nSPS) is 14.1. The summed E-state index contributed by atoms with van der Waals surface area (Å²) in [7, 11) is 0. The number of nitrogens with zero attached hydrogens (tertiary/aromatic N) is 3. The maximum absolute atomic E-state index is 12.2. The van der Waals surface area contributed by atoms with Crippen LogP contribution in [0, 0.1) is 0 Å². The molecule has 1 fully saturated rings. The van der Waals surface area contributed by atoms with Crippen LogP contribution in [0.15, 0.2) is 36.7 Å². The van der Waals surface area contributed by atoms with Crippen LogP contribution in [0.1, 0.15) is 28.9 Å². The fourth-order valence-electron chi connectivity index (χ4n) is 2.47. The van der Waals surface area contributed by atoms with Crippen molar-refractivity contribution >= 4 is 23.3 Å². The van der Waals surface area contributed by atoms with E-state index in [1.165, 1.54) is 6.20 Å². The number of amides is 1. The van der Waals surface area contributed by atoms with Crippen molar-refractivity contribution in [3.63, 3.8) is 0 Å². The Hall–Kier alpha value is -2.14. The van der Waals surface area contributed by atoms with Gasteiger partial charge >= 0.3 is 0 Å². The van der Waals surface area contributed by atoms with Crippen LogP contribution >= 0.6 is 11.6 Å². The van der Waals surface area contributed by atoms with E-state index in [-0.39, 0.29) is 5.91 Å². The molecule has 0 spiro atoms. The Balaban J connectivity index is 1.67. The van der Waals surface area contributed by atoms with Gasteiger partial charge in [0.15, 0.2) is 0 Å². The minimum absolute atomic E-state index is 0.242. The van der Waals surface area contributed by atoms with Crippen molar-refractivity contribution in [3.8, 4) is 0 Å². The van der Waals surface area contributed by atoms with E-state index in [4.69, 9.17) is 11.6 Å². The maximum Gasteiger partial charge on any atom is 0.271 e. The molecule has 1 aliphatic heterocycles. The standard InChI is InChI=1S/C16H17ClN4O/c17-13-6-2-1-5-12(13)9-19-16(22)14-10-18-11-15(20-14)21-7-3-4-8-21/h1-2,5-6,10-11H,3-4,7-9H2,(H,19,22). The van der Waals surface area contributed by atoms with E-state index < -0.39 is 0 Å². The Kier molecular flexibility index (Phi) is 4.53. The minimum atomic E-state index is -0.242. The summed E-state index contributed by atoms with van der Waals surface area (Å²) in [6.45, 7) is 2.31. The van der Waals surface area contributed by atoms with Gasteiger partial charge in [-0.1, -0.05) is 29.8 Å². The molecule has 3 rings (SSSR count). The van der Waals surface area contributed by atoms with Gasteiger partial charge in [0, 0.05) is 24.7 Å². The monoisotopic (exact) mass is 316 g/mol. The first-order chi connectivity index (χ1) is 10.7. The highest BCUT2D eigenvalue weighted by Crippen LogP contribution is 2.17. The highest BCUT2D eigenvalue weighted by atomic mass is 35.5. The number of hydrogen-bond donors (Lipinski definition) is 1. The van der Waals surface area contributed by atoms with Gasteiger partial charge in [-0.05, 0) is 24.5 Å². The molecule has 1 saturated heterocycles. The Bertz CT molecular complexity index is 671. The molecular weight excluding hydrogens is 300 g/mol. The van der Waals surface area contributed by atoms with Gasteiger partial charge in [0.1, 0.15) is 11.5 Å². The van der Waals surface area contributed by atoms with Crippen LogP contribution in [0.2, 0.25) is 5.02 Å². The van der Waals surface area contributed by atoms with Crippen molar-refractivity contribution in [2.75, 3.05) is 18.0 Å². The van der Waals surface area contributed by atoms with Gasteiger partial charge in [-0.25, -0.2) is 4.98 Å². The Labute approximate surface area is 134 Å². The number of anilines is 1. The second-order valence-electron chi connectivity index (χ2n) is 5.23. The minimum Gasteiger partial charge on any atom is -0.355 e. The van der Waals surface area contributed by atoms with Crippen molar-refractivity contribution in [2.45, 2.75) is 19.4 Å². The smallest absolute Gasteiger partial charge is 0.271 e. The van der Waals surface area contributed by atoms with Gasteiger partial charge in [-0.2, -0.15) is 0 Å². The molecule has 1 aromatic carbocycles. The third-order valence-electron chi connectivity index (χ3n) is 3.68. The third-order valence-corrected chi connectivity index (χ3v) is 4.05. The molecule has 1 aliphatic rings. The summed E-state index contributed by atoms with van der Waals surface area (Å²) in [4.78, 5) is 22.9. The second kappa shape index (κ2) is 6.75. The molecule has 22 heavy (non-hydrogen) atoms. The lowest BCUT2D eigenvalue weighted by atomic mass is 10.2. The van der Waals surface area contributed by atoms with Gasteiger partial charge in [0.2, 0.25) is 0 Å². The molecule has 114 valence electrons. The topological polar surface area (TPSA) is 58.1 Å². The molecule has 1 amide bonds. The predicted octanol–water partition coefficient (Wildman–Crippen LogP) is 2.66. The molecule has 6 heteroatoms. The van der Waals surface area contributed by atoms with E-state index in [0.717, 1.165) is 37.3 Å². The Morgan fingerprint density at radius 1 is 1.23 bits per heavy atom. The molecule has 0 atom stereocenters. The molecule has 5 nitrogen and oxygen atoms in total. The quantitative estimate of drug-likeness (QED) is 0.942. The molecule has 2 heterocycles. The average Bonchev–Trinajstić information content (AvgIpc) is 3.08. The number of hydrogen-bond acceptors (Lipinski definition) is 4. The summed E-state index contributed by atoms with van der Waals surface area (Å²) in [5.74, 6) is 0.524. The Morgan fingerprint density at radius 3 is 2.77 bits per heavy atom. The van der Waals surface area contributed by atoms with Crippen molar-refractivity contribution in [1.29, 1.82) is 0 Å². The van der Waals surface area contributed by atoms with E-state index in [1.807, 2.05) is 18.2 Å². The van der Waals surface area contributed by atoms with Crippen molar-refractivity contribution < 1.29 is 4.79 Å². The molecule has 0 radical (unpaired) electrons. The lowest BCUT2D eigenvalue weighted by molar-refractivity contribution is 0.0945. The van der Waals surface area contributed by atoms with E-state index in [1.54, 1.807) is 12.3 Å². The maximum atomic E-state index is 12.2. The zero-order chi connectivity index (χ0) is 15.4. The number of carbonyl (C=O) groups excluding carboxylic acids is 1. The third kappa shape index (κ3) is 3.36. The fraction of sp³-hybridized carbons (Fsp3) is 0.312. The molecule has 0 aliphatic carbocycles. The van der Waals surface area contributed by atoms with Gasteiger partial charge in [0.25, 0.3) is 5.91 Å². The zero-order valence-electron chi connectivity index (χ0n) is 12.1. The first kappa shape index (κ1) is 14.8. The molecule has 1 N–H and O–H groups in total. The molecule has 0 unspecified atom stereocenters. The van der Waals surface area contributed by atoms with E-state index in [0.29, 0.717) is 17.3 Å². The van der Waals surface area contributed by atoms with Crippen LogP contribution in [-0.4, -0.2) is 29.0 Å². The van der Waals surface area contributed by atoms with Crippen molar-refractivity contribution in [3.05, 3.63) is 52.9 Å². The predicted molar refractivity (Wildman–Crippen MR) is 86.1 cm³/mol. The number of aromatic nitrogens is 2. The van der Waals surface area contributed by atoms with E-state index in [9.17, 15) is 4.79 Å². The largest absolute Gasteiger partial charge is 0.355 e. The molecule has 0 bridgehead atoms. The van der Waals surface area contributed by atoms with Crippen LogP contribution in [0.3, 0.4) is 0 Å². The number of halogens is 1. The summed E-state index contributed by atoms with van der Waals surface area (Å²) in [6, 6.07) is 7.44. The number of carbonyl (C=O) groups is 1. The number of benzene rings is 1. The highest BCUT2D eigenvalue weighted by Gasteiger charge is 2.16. The summed E-state index contributed by atoms with van der Waals surface area (Å²) < 4.78 is 0. The van der Waals surface area contributed by atoms with E-state index in [2.05, 4.69) is 20.2 Å². The van der Waals surface area contributed by atoms with Gasteiger partial charge in [0.05, 0.1) is 12.4 Å². The molecule has 2 aromatic rings. The summed E-state index contributed by atoms with van der Waals surface area (Å²) in [5, 5.41) is 3.47. The summed E-state index contributed by atoms with van der Waals surface area (Å²) in [5.41, 5.74) is 1.21. The number of rotatable bonds is 4. The van der Waals surface area contributed by atoms with Crippen LogP contribution in [0.25, 0.3) is 0 Å². The van der Waals surface area contributed by atoms with Gasteiger partial charge < -0.3 is 10.2 Å². The summed E-state index contributed by atoms with van der Waals surface area (Å²) >= 11 is 6.08.